The molecule has 1 aliphatic heterocycles. The van der Waals surface area contributed by atoms with E-state index in [0.717, 1.165) is 68.8 Å². The van der Waals surface area contributed by atoms with Crippen LogP contribution in [0.5, 0.6) is 17.2 Å². The first-order valence-electron chi connectivity index (χ1n) is 15.8. The van der Waals surface area contributed by atoms with E-state index < -0.39 is 23.6 Å². The molecule has 1 fully saturated rings. The molecule has 0 bridgehead atoms. The van der Waals surface area contributed by atoms with Gasteiger partial charge in [0, 0.05) is 36.8 Å². The first kappa shape index (κ1) is 33.7. The summed E-state index contributed by atoms with van der Waals surface area (Å²) in [6.07, 6.45) is 6.02. The lowest BCUT2D eigenvalue weighted by Gasteiger charge is -2.32. The number of benzene rings is 3. The van der Waals surface area contributed by atoms with E-state index in [1.54, 1.807) is 18.2 Å². The van der Waals surface area contributed by atoms with Gasteiger partial charge < -0.3 is 30.3 Å². The third kappa shape index (κ3) is 9.65. The molecule has 0 aliphatic carbocycles. The minimum atomic E-state index is -0.709. The minimum Gasteiger partial charge on any atom is -0.490 e. The van der Waals surface area contributed by atoms with Gasteiger partial charge in [-0.15, -0.1) is 0 Å². The molecular weight excluding hydrogens is 578 g/mol. The second kappa shape index (κ2) is 16.2. The van der Waals surface area contributed by atoms with E-state index >= 15 is 0 Å². The lowest BCUT2D eigenvalue weighted by Crippen LogP contribution is -2.38. The number of piperidine rings is 1. The van der Waals surface area contributed by atoms with Crippen molar-refractivity contribution in [2.45, 2.75) is 78.4 Å². The van der Waals surface area contributed by atoms with Gasteiger partial charge in [0.25, 0.3) is 5.91 Å². The average molecular weight is 623 g/mol. The fourth-order valence-corrected chi connectivity index (χ4v) is 5.22. The number of anilines is 2. The van der Waals surface area contributed by atoms with Crippen molar-refractivity contribution in [3.63, 3.8) is 0 Å². The summed E-state index contributed by atoms with van der Waals surface area (Å²) in [4.78, 5) is 27.6. The molecule has 1 saturated heterocycles. The van der Waals surface area contributed by atoms with Crippen LogP contribution in [0.15, 0.2) is 54.6 Å². The number of halogens is 2. The Bertz CT molecular complexity index is 1460. The first-order chi connectivity index (χ1) is 21.7. The predicted octanol–water partition coefficient (Wildman–Crippen LogP) is 8.27. The van der Waals surface area contributed by atoms with Crippen LogP contribution in [0.3, 0.4) is 0 Å². The van der Waals surface area contributed by atoms with Gasteiger partial charge in [-0.3, -0.25) is 4.79 Å². The maximum atomic E-state index is 14.9. The topological polar surface area (TPSA) is 91.9 Å². The van der Waals surface area contributed by atoms with E-state index in [1.165, 1.54) is 37.1 Å². The van der Waals surface area contributed by atoms with Crippen LogP contribution in [0.1, 0.15) is 75.2 Å². The lowest BCUT2D eigenvalue weighted by atomic mass is 10.1. The van der Waals surface area contributed by atoms with Crippen molar-refractivity contribution in [2.75, 3.05) is 30.3 Å². The highest BCUT2D eigenvalue weighted by atomic mass is 19.1. The maximum absolute atomic E-state index is 14.9. The number of likely N-dealkylation sites (tertiary alicyclic amines) is 1. The highest BCUT2D eigenvalue weighted by molar-refractivity contribution is 6.04. The molecule has 4 rings (SSSR count). The van der Waals surface area contributed by atoms with Crippen LogP contribution in [-0.2, 0) is 0 Å². The largest absolute Gasteiger partial charge is 0.490 e. The van der Waals surface area contributed by atoms with E-state index in [4.69, 9.17) is 9.47 Å². The van der Waals surface area contributed by atoms with E-state index in [2.05, 4.69) is 27.8 Å². The number of aryl methyl sites for hydroxylation is 1. The van der Waals surface area contributed by atoms with Crippen molar-refractivity contribution in [3.05, 3.63) is 77.4 Å². The third-order valence-corrected chi connectivity index (χ3v) is 8.03. The molecule has 242 valence electrons. The number of urea groups is 1. The molecule has 0 aromatic heterocycles. The molecule has 8 nitrogen and oxygen atoms in total. The average Bonchev–Trinajstić information content (AvgIpc) is 3.03. The minimum absolute atomic E-state index is 0.00381. The molecule has 0 saturated carbocycles. The number of ether oxygens (including phenoxy) is 2. The van der Waals surface area contributed by atoms with Crippen LogP contribution < -0.4 is 25.4 Å². The van der Waals surface area contributed by atoms with Crippen LogP contribution >= 0.6 is 0 Å². The zero-order valence-corrected chi connectivity index (χ0v) is 26.6. The van der Waals surface area contributed by atoms with Gasteiger partial charge in [0.2, 0.25) is 0 Å². The molecule has 3 N–H and O–H groups in total. The summed E-state index contributed by atoms with van der Waals surface area (Å²) < 4.78 is 41.4. The van der Waals surface area contributed by atoms with Crippen molar-refractivity contribution >= 4 is 23.3 Å². The second-order valence-electron chi connectivity index (χ2n) is 11.4. The molecule has 0 atom stereocenters. The van der Waals surface area contributed by atoms with Crippen LogP contribution in [0, 0.1) is 18.6 Å². The predicted molar refractivity (Wildman–Crippen MR) is 174 cm³/mol. The number of carbonyl (C=O) groups is 2. The monoisotopic (exact) mass is 622 g/mol. The molecule has 45 heavy (non-hydrogen) atoms. The van der Waals surface area contributed by atoms with Gasteiger partial charge in [0.1, 0.15) is 35.0 Å². The maximum Gasteiger partial charge on any atom is 0.319 e. The van der Waals surface area contributed by atoms with Gasteiger partial charge in [-0.2, -0.15) is 0 Å². The van der Waals surface area contributed by atoms with Crippen molar-refractivity contribution in [1.82, 2.24) is 10.2 Å². The Balaban J connectivity index is 1.31. The Morgan fingerprint density at radius 2 is 1.51 bits per heavy atom. The van der Waals surface area contributed by atoms with Crippen molar-refractivity contribution in [1.29, 1.82) is 0 Å². The van der Waals surface area contributed by atoms with Crippen LogP contribution in [0.4, 0.5) is 25.0 Å². The number of unbranched alkanes of at least 4 members (excludes halogenated alkanes) is 1. The Morgan fingerprint density at radius 3 is 2.07 bits per heavy atom. The first-order valence-corrected chi connectivity index (χ1v) is 15.8. The number of hydrogen-bond acceptors (Lipinski definition) is 5. The Hall–Kier alpha value is -4.18. The molecule has 0 spiro atoms. The highest BCUT2D eigenvalue weighted by Gasteiger charge is 2.21. The fraction of sp³-hybridized carbons (Fsp3) is 0.429. The van der Waals surface area contributed by atoms with Gasteiger partial charge in [0.05, 0.1) is 11.4 Å². The SMILES string of the molecule is CCCCN1CCC(Oc2ccc(C(=O)Nc3ccc(Oc4ccc(NC(=O)NC(CC)CC)c(F)c4)cc3F)cc2C)CC1. The van der Waals surface area contributed by atoms with E-state index in [9.17, 15) is 18.4 Å². The number of rotatable bonds is 13. The number of carbonyl (C=O) groups excluding carboxylic acids is 2. The standard InChI is InChI=1S/C35H44F2N4O4/c1-5-8-17-41-18-15-26(16-19-41)45-33-14-9-24(20-23(33)4)34(42)39-31-12-10-27(21-29(31)36)44-28-11-13-32(30(37)22-28)40-35(43)38-25(6-2)7-3/h9-14,20-22,25-26H,5-8,15-19H2,1-4H3,(H,39,42)(H2,38,40,43). The molecule has 1 heterocycles. The Labute approximate surface area is 264 Å². The van der Waals surface area contributed by atoms with E-state index in [0.29, 0.717) is 5.56 Å². The zero-order chi connectivity index (χ0) is 32.3. The summed E-state index contributed by atoms with van der Waals surface area (Å²) in [6, 6.07) is 12.6. The number of nitrogens with zero attached hydrogens (tertiary/aromatic N) is 1. The summed E-state index contributed by atoms with van der Waals surface area (Å²) >= 11 is 0. The Kier molecular flexibility index (Phi) is 12.2. The second-order valence-corrected chi connectivity index (χ2v) is 11.4. The zero-order valence-electron chi connectivity index (χ0n) is 26.6. The fourth-order valence-electron chi connectivity index (χ4n) is 5.22. The molecule has 0 radical (unpaired) electrons. The van der Waals surface area contributed by atoms with Crippen LogP contribution in [0.2, 0.25) is 0 Å². The summed E-state index contributed by atoms with van der Waals surface area (Å²) in [7, 11) is 0. The molecule has 1 aliphatic rings. The number of hydrogen-bond donors (Lipinski definition) is 3. The molecular formula is C35H44F2N4O4. The van der Waals surface area contributed by atoms with Crippen molar-refractivity contribution in [2.24, 2.45) is 0 Å². The molecule has 10 heteroatoms. The van der Waals surface area contributed by atoms with Gasteiger partial charge in [-0.05, 0) is 93.6 Å². The summed E-state index contributed by atoms with van der Waals surface area (Å²) in [5.74, 6) is -0.882. The third-order valence-electron chi connectivity index (χ3n) is 8.03. The van der Waals surface area contributed by atoms with Gasteiger partial charge in [-0.25, -0.2) is 13.6 Å². The smallest absolute Gasteiger partial charge is 0.319 e. The van der Waals surface area contributed by atoms with Crippen molar-refractivity contribution < 1.29 is 27.8 Å². The molecule has 3 amide bonds. The molecule has 3 aromatic rings. The highest BCUT2D eigenvalue weighted by Crippen LogP contribution is 2.29. The van der Waals surface area contributed by atoms with Crippen LogP contribution in [0.25, 0.3) is 0 Å². The van der Waals surface area contributed by atoms with Gasteiger partial charge >= 0.3 is 6.03 Å². The molecule has 0 unspecified atom stereocenters. The van der Waals surface area contributed by atoms with Gasteiger partial charge in [-0.1, -0.05) is 27.2 Å². The number of amides is 3. The summed E-state index contributed by atoms with van der Waals surface area (Å²) in [6.45, 7) is 11.2. The Morgan fingerprint density at radius 1 is 0.889 bits per heavy atom. The normalized spacial score (nSPS) is 13.8. The lowest BCUT2D eigenvalue weighted by molar-refractivity contribution is 0.0991. The van der Waals surface area contributed by atoms with E-state index in [-0.39, 0.29) is 35.0 Å². The summed E-state index contributed by atoms with van der Waals surface area (Å²) in [5, 5.41) is 7.87. The van der Waals surface area contributed by atoms with Gasteiger partial charge in [0.15, 0.2) is 0 Å². The summed E-state index contributed by atoms with van der Waals surface area (Å²) in [5.41, 5.74) is 1.19. The van der Waals surface area contributed by atoms with E-state index in [1.807, 2.05) is 20.8 Å². The van der Waals surface area contributed by atoms with Crippen LogP contribution in [-0.4, -0.2) is 48.6 Å². The van der Waals surface area contributed by atoms with Crippen molar-refractivity contribution in [3.8, 4) is 17.2 Å². The number of nitrogens with one attached hydrogen (secondary N) is 3. The molecule has 3 aromatic carbocycles. The quantitative estimate of drug-likeness (QED) is 0.179.